The highest BCUT2D eigenvalue weighted by molar-refractivity contribution is 7.98. The number of thioether (sulfide) groups is 1. The van der Waals surface area contributed by atoms with Crippen LogP contribution >= 0.6 is 11.8 Å². The molecule has 0 radical (unpaired) electrons. The van der Waals surface area contributed by atoms with Gasteiger partial charge in [-0.15, -0.1) is 11.8 Å². The lowest BCUT2D eigenvalue weighted by Crippen LogP contribution is -2.23. The van der Waals surface area contributed by atoms with Gasteiger partial charge < -0.3 is 20.1 Å². The largest absolute Gasteiger partial charge is 0.482 e. The third-order valence-corrected chi connectivity index (χ3v) is 4.77. The highest BCUT2D eigenvalue weighted by atomic mass is 32.2. The highest BCUT2D eigenvalue weighted by Gasteiger charge is 2.15. The van der Waals surface area contributed by atoms with E-state index in [9.17, 15) is 14.4 Å². The lowest BCUT2D eigenvalue weighted by atomic mass is 10.0. The normalized spacial score (nSPS) is 12.5. The Kier molecular flexibility index (Phi) is 6.54. The Balaban J connectivity index is 1.43. The summed E-state index contributed by atoms with van der Waals surface area (Å²) in [6.45, 7) is -0.692. The number of nitrogens with one attached hydrogen (secondary N) is 2. The summed E-state index contributed by atoms with van der Waals surface area (Å²) in [4.78, 5) is 36.1. The van der Waals surface area contributed by atoms with Gasteiger partial charge in [-0.05, 0) is 54.6 Å². The van der Waals surface area contributed by atoms with E-state index in [1.807, 2.05) is 24.5 Å². The first-order valence-electron chi connectivity index (χ1n) is 8.68. The molecular weight excluding hydrogens is 380 g/mol. The van der Waals surface area contributed by atoms with Crippen LogP contribution in [0.15, 0.2) is 47.4 Å². The maximum absolute atomic E-state index is 11.9. The fraction of sp³-hybridized carbons (Fsp3) is 0.250. The molecule has 0 aromatic heterocycles. The topological polar surface area (TPSA) is 93.7 Å². The zero-order chi connectivity index (χ0) is 19.9. The van der Waals surface area contributed by atoms with E-state index in [1.165, 1.54) is 0 Å². The summed E-state index contributed by atoms with van der Waals surface area (Å²) in [5, 5.41) is 5.46. The molecule has 1 aliphatic rings. The molecule has 28 heavy (non-hydrogen) atoms. The first-order chi connectivity index (χ1) is 13.5. The van der Waals surface area contributed by atoms with Crippen LogP contribution in [0.1, 0.15) is 12.0 Å². The fourth-order valence-electron chi connectivity index (χ4n) is 2.68. The number of hydrogen-bond donors (Lipinski definition) is 2. The molecular formula is C20H20N2O5S. The number of aryl methyl sites for hydroxylation is 1. The molecule has 0 saturated carbocycles. The highest BCUT2D eigenvalue weighted by Crippen LogP contribution is 2.26. The molecule has 0 spiro atoms. The number of carbonyl (C=O) groups excluding carboxylic acids is 3. The zero-order valence-corrected chi connectivity index (χ0v) is 16.1. The Hall–Kier alpha value is -3.00. The van der Waals surface area contributed by atoms with Crippen LogP contribution in [0.2, 0.25) is 0 Å². The van der Waals surface area contributed by atoms with Crippen LogP contribution in [0.5, 0.6) is 5.75 Å². The summed E-state index contributed by atoms with van der Waals surface area (Å²) in [5.41, 5.74) is 2.36. The second-order valence-corrected chi connectivity index (χ2v) is 6.98. The molecule has 146 valence electrons. The van der Waals surface area contributed by atoms with E-state index in [2.05, 4.69) is 10.6 Å². The van der Waals surface area contributed by atoms with E-state index in [1.54, 1.807) is 36.0 Å². The van der Waals surface area contributed by atoms with Crippen molar-refractivity contribution in [2.75, 3.05) is 30.1 Å². The van der Waals surface area contributed by atoms with Gasteiger partial charge in [0.25, 0.3) is 5.91 Å². The molecule has 2 aromatic rings. The van der Waals surface area contributed by atoms with Gasteiger partial charge in [0.1, 0.15) is 5.75 Å². The molecule has 2 aromatic carbocycles. The molecule has 1 heterocycles. The monoisotopic (exact) mass is 400 g/mol. The summed E-state index contributed by atoms with van der Waals surface area (Å²) in [6.07, 6.45) is 3.00. The molecule has 0 fully saturated rings. The third-order valence-electron chi connectivity index (χ3n) is 4.05. The van der Waals surface area contributed by atoms with Crippen LogP contribution in [0.25, 0.3) is 0 Å². The van der Waals surface area contributed by atoms with Crippen molar-refractivity contribution in [2.24, 2.45) is 0 Å². The van der Waals surface area contributed by atoms with Crippen LogP contribution in [-0.4, -0.2) is 37.3 Å². The Morgan fingerprint density at radius 1 is 1.14 bits per heavy atom. The molecule has 0 aliphatic carbocycles. The first-order valence-corrected chi connectivity index (χ1v) is 9.91. The maximum Gasteiger partial charge on any atom is 0.344 e. The molecule has 0 saturated heterocycles. The van der Waals surface area contributed by atoms with Crippen molar-refractivity contribution in [3.05, 3.63) is 48.0 Å². The van der Waals surface area contributed by atoms with Gasteiger partial charge in [-0.1, -0.05) is 6.07 Å². The van der Waals surface area contributed by atoms with Crippen molar-refractivity contribution in [1.29, 1.82) is 0 Å². The lowest BCUT2D eigenvalue weighted by molar-refractivity contribution is -0.149. The standard InChI is InChI=1S/C20H20N2O5S/c1-28-16-4-2-3-14(10-16)21-19(24)11-27-20(25)12-26-15-6-7-17-13(9-15)5-8-18(23)22-17/h2-4,6-7,9-10H,5,8,11-12H2,1H3,(H,21,24)(H,22,23). The minimum atomic E-state index is -0.640. The summed E-state index contributed by atoms with van der Waals surface area (Å²) in [5.74, 6) is -0.566. The summed E-state index contributed by atoms with van der Waals surface area (Å²) in [6, 6.07) is 12.6. The Bertz CT molecular complexity index is 900. The number of fused-ring (bicyclic) bond motifs is 1. The lowest BCUT2D eigenvalue weighted by Gasteiger charge is -2.17. The van der Waals surface area contributed by atoms with Crippen LogP contribution in [0.4, 0.5) is 11.4 Å². The van der Waals surface area contributed by atoms with Gasteiger partial charge in [-0.3, -0.25) is 9.59 Å². The average Bonchev–Trinajstić information content (AvgIpc) is 2.70. The summed E-state index contributed by atoms with van der Waals surface area (Å²) < 4.78 is 10.4. The SMILES string of the molecule is CSc1cccc(NC(=O)COC(=O)COc2ccc3c(c2)CCC(=O)N3)c1. The second kappa shape index (κ2) is 9.27. The van der Waals surface area contributed by atoms with Gasteiger partial charge in [0.05, 0.1) is 0 Å². The predicted octanol–water partition coefficient (Wildman–Crippen LogP) is 2.85. The van der Waals surface area contributed by atoms with Crippen molar-refractivity contribution in [1.82, 2.24) is 0 Å². The van der Waals surface area contributed by atoms with Crippen LogP contribution in [-0.2, 0) is 25.5 Å². The summed E-state index contributed by atoms with van der Waals surface area (Å²) >= 11 is 1.57. The van der Waals surface area contributed by atoms with E-state index in [0.717, 1.165) is 16.1 Å². The number of hydrogen-bond acceptors (Lipinski definition) is 6. The van der Waals surface area contributed by atoms with Crippen molar-refractivity contribution < 1.29 is 23.9 Å². The quantitative estimate of drug-likeness (QED) is 0.548. The number of ether oxygens (including phenoxy) is 2. The maximum atomic E-state index is 11.9. The van der Waals surface area contributed by atoms with Crippen molar-refractivity contribution in [3.8, 4) is 5.75 Å². The van der Waals surface area contributed by atoms with Gasteiger partial charge in [0.15, 0.2) is 13.2 Å². The number of anilines is 2. The van der Waals surface area contributed by atoms with E-state index in [0.29, 0.717) is 24.3 Å². The molecule has 7 nitrogen and oxygen atoms in total. The molecule has 2 N–H and O–H groups in total. The number of rotatable bonds is 7. The molecule has 0 atom stereocenters. The minimum Gasteiger partial charge on any atom is -0.482 e. The molecule has 0 bridgehead atoms. The van der Waals surface area contributed by atoms with Gasteiger partial charge in [-0.25, -0.2) is 4.79 Å². The second-order valence-electron chi connectivity index (χ2n) is 6.10. The predicted molar refractivity (Wildman–Crippen MR) is 107 cm³/mol. The smallest absolute Gasteiger partial charge is 0.344 e. The van der Waals surface area contributed by atoms with Crippen molar-refractivity contribution in [3.63, 3.8) is 0 Å². The number of esters is 1. The van der Waals surface area contributed by atoms with Crippen molar-refractivity contribution >= 4 is 40.9 Å². The Morgan fingerprint density at radius 2 is 2.00 bits per heavy atom. The van der Waals surface area contributed by atoms with Gasteiger partial charge >= 0.3 is 5.97 Å². The first kappa shape index (κ1) is 19.8. The van der Waals surface area contributed by atoms with E-state index in [-0.39, 0.29) is 19.1 Å². The van der Waals surface area contributed by atoms with Gasteiger partial charge in [-0.2, -0.15) is 0 Å². The molecule has 8 heteroatoms. The number of carbonyl (C=O) groups is 3. The molecule has 1 aliphatic heterocycles. The van der Waals surface area contributed by atoms with Crippen molar-refractivity contribution in [2.45, 2.75) is 17.7 Å². The van der Waals surface area contributed by atoms with E-state index in [4.69, 9.17) is 9.47 Å². The molecule has 0 unspecified atom stereocenters. The Morgan fingerprint density at radius 3 is 2.82 bits per heavy atom. The minimum absolute atomic E-state index is 0.0109. The van der Waals surface area contributed by atoms with Gasteiger partial charge in [0.2, 0.25) is 5.91 Å². The molecule has 3 rings (SSSR count). The van der Waals surface area contributed by atoms with Crippen LogP contribution in [0.3, 0.4) is 0 Å². The van der Waals surface area contributed by atoms with Crippen LogP contribution in [0, 0.1) is 0 Å². The third kappa shape index (κ3) is 5.50. The van der Waals surface area contributed by atoms with Gasteiger partial charge in [0, 0.05) is 22.7 Å². The molecule has 2 amide bonds. The van der Waals surface area contributed by atoms with E-state index >= 15 is 0 Å². The summed E-state index contributed by atoms with van der Waals surface area (Å²) in [7, 11) is 0. The zero-order valence-electron chi connectivity index (χ0n) is 15.3. The number of benzene rings is 2. The Labute approximate surface area is 166 Å². The fourth-order valence-corrected chi connectivity index (χ4v) is 3.14. The number of amides is 2. The van der Waals surface area contributed by atoms with E-state index < -0.39 is 11.9 Å². The van der Waals surface area contributed by atoms with Crippen LogP contribution < -0.4 is 15.4 Å². The average molecular weight is 400 g/mol.